The zero-order valence-electron chi connectivity index (χ0n) is 19.2. The van der Waals surface area contributed by atoms with E-state index in [1.807, 2.05) is 44.2 Å². The lowest BCUT2D eigenvalue weighted by atomic mass is 9.69. The highest BCUT2D eigenvalue weighted by atomic mass is 16.6. The minimum atomic E-state index is -0.649. The molecule has 1 fully saturated rings. The monoisotopic (exact) mass is 438 g/mol. The molecule has 1 saturated carbocycles. The standard InChI is InChI=1S/C26H30O6/c1-16(2)32-25(28)26(13-6-14-26)15-31-23-20(10-12-22(29-3)24(23)30-4)17-7-5-8-19-18(17)9-11-21(19)27/h5,7-8,10,12,16H,6,9,11,13-15H2,1-4H3. The fourth-order valence-electron chi connectivity index (χ4n) is 4.56. The molecule has 0 spiro atoms. The molecule has 2 aromatic carbocycles. The first-order valence-electron chi connectivity index (χ1n) is 11.1. The molecule has 32 heavy (non-hydrogen) atoms. The second kappa shape index (κ2) is 8.85. The van der Waals surface area contributed by atoms with Crippen molar-refractivity contribution in [3.63, 3.8) is 0 Å². The highest BCUT2D eigenvalue weighted by molar-refractivity contribution is 6.02. The first kappa shape index (κ1) is 22.2. The summed E-state index contributed by atoms with van der Waals surface area (Å²) in [4.78, 5) is 25.1. The molecule has 0 radical (unpaired) electrons. The molecule has 0 saturated heterocycles. The Morgan fingerprint density at radius 2 is 1.72 bits per heavy atom. The smallest absolute Gasteiger partial charge is 0.315 e. The molecule has 0 aromatic heterocycles. The van der Waals surface area contributed by atoms with Crippen LogP contribution in [-0.2, 0) is 16.0 Å². The van der Waals surface area contributed by atoms with E-state index in [0.717, 1.165) is 41.5 Å². The maximum absolute atomic E-state index is 12.8. The van der Waals surface area contributed by atoms with Gasteiger partial charge in [-0.15, -0.1) is 0 Å². The van der Waals surface area contributed by atoms with Gasteiger partial charge in [-0.1, -0.05) is 24.6 Å². The van der Waals surface area contributed by atoms with Crippen molar-refractivity contribution in [2.75, 3.05) is 20.8 Å². The number of rotatable bonds is 8. The fraction of sp³-hybridized carbons (Fsp3) is 0.462. The number of ketones is 1. The molecule has 6 heteroatoms. The number of esters is 1. The molecule has 0 atom stereocenters. The number of fused-ring (bicyclic) bond motifs is 1. The molecule has 0 N–H and O–H groups in total. The Balaban J connectivity index is 1.75. The molecular weight excluding hydrogens is 408 g/mol. The van der Waals surface area contributed by atoms with Crippen LogP contribution >= 0.6 is 0 Å². The number of hydrogen-bond donors (Lipinski definition) is 0. The highest BCUT2D eigenvalue weighted by Crippen LogP contribution is 2.49. The molecule has 170 valence electrons. The average Bonchev–Trinajstić information content (AvgIpc) is 3.13. The zero-order valence-corrected chi connectivity index (χ0v) is 19.2. The van der Waals surface area contributed by atoms with E-state index >= 15 is 0 Å². The number of ether oxygens (including phenoxy) is 4. The van der Waals surface area contributed by atoms with Crippen molar-refractivity contribution in [3.05, 3.63) is 41.5 Å². The normalized spacial score (nSPS) is 16.3. The zero-order chi connectivity index (χ0) is 22.9. The quantitative estimate of drug-likeness (QED) is 0.540. The summed E-state index contributed by atoms with van der Waals surface area (Å²) in [6.45, 7) is 3.90. The summed E-state index contributed by atoms with van der Waals surface area (Å²) >= 11 is 0. The predicted molar refractivity (Wildman–Crippen MR) is 121 cm³/mol. The van der Waals surface area contributed by atoms with Crippen molar-refractivity contribution < 1.29 is 28.5 Å². The van der Waals surface area contributed by atoms with Crippen molar-refractivity contribution in [2.24, 2.45) is 5.41 Å². The van der Waals surface area contributed by atoms with Gasteiger partial charge in [-0.2, -0.15) is 0 Å². The summed E-state index contributed by atoms with van der Waals surface area (Å²) in [6, 6.07) is 9.53. The summed E-state index contributed by atoms with van der Waals surface area (Å²) in [5.74, 6) is 1.48. The Morgan fingerprint density at radius 1 is 0.969 bits per heavy atom. The van der Waals surface area contributed by atoms with Crippen LogP contribution in [0, 0.1) is 5.41 Å². The molecule has 2 aliphatic carbocycles. The van der Waals surface area contributed by atoms with Crippen molar-refractivity contribution in [1.29, 1.82) is 0 Å². The minimum Gasteiger partial charge on any atom is -0.493 e. The van der Waals surface area contributed by atoms with Gasteiger partial charge in [0.05, 0.1) is 20.3 Å². The molecule has 0 aliphatic heterocycles. The molecule has 0 bridgehead atoms. The molecule has 2 aliphatic rings. The SMILES string of the molecule is COc1ccc(-c2cccc3c2CCC3=O)c(OCC2(C(=O)OC(C)C)CCC2)c1OC. The number of Topliss-reactive ketones (excluding diaryl/α,β-unsaturated/α-hetero) is 1. The minimum absolute atomic E-state index is 0.162. The molecule has 4 rings (SSSR count). The maximum Gasteiger partial charge on any atom is 0.315 e. The Labute approximate surface area is 188 Å². The highest BCUT2D eigenvalue weighted by Gasteiger charge is 2.47. The van der Waals surface area contributed by atoms with Crippen LogP contribution in [0.3, 0.4) is 0 Å². The Bertz CT molecular complexity index is 1030. The first-order chi connectivity index (χ1) is 15.4. The van der Waals surface area contributed by atoms with Crippen LogP contribution in [0.25, 0.3) is 11.1 Å². The lowest BCUT2D eigenvalue weighted by Gasteiger charge is -2.39. The summed E-state index contributed by atoms with van der Waals surface area (Å²) in [6.07, 6.45) is 3.46. The van der Waals surface area contributed by atoms with Crippen LogP contribution in [0.5, 0.6) is 17.2 Å². The number of methoxy groups -OCH3 is 2. The second-order valence-corrected chi connectivity index (χ2v) is 8.81. The summed E-state index contributed by atoms with van der Waals surface area (Å²) in [7, 11) is 3.15. The van der Waals surface area contributed by atoms with E-state index in [0.29, 0.717) is 30.1 Å². The van der Waals surface area contributed by atoms with Crippen LogP contribution in [0.1, 0.15) is 55.5 Å². The van der Waals surface area contributed by atoms with Gasteiger partial charge < -0.3 is 18.9 Å². The average molecular weight is 439 g/mol. The van der Waals surface area contributed by atoms with Gasteiger partial charge in [-0.05, 0) is 56.4 Å². The van der Waals surface area contributed by atoms with E-state index in [-0.39, 0.29) is 24.5 Å². The Hall–Kier alpha value is -3.02. The number of hydrogen-bond acceptors (Lipinski definition) is 6. The van der Waals surface area contributed by atoms with Gasteiger partial charge in [0.25, 0.3) is 0 Å². The van der Waals surface area contributed by atoms with Crippen LogP contribution in [0.2, 0.25) is 0 Å². The molecule has 0 unspecified atom stereocenters. The van der Waals surface area contributed by atoms with Gasteiger partial charge in [-0.25, -0.2) is 0 Å². The third kappa shape index (κ3) is 3.83. The Morgan fingerprint density at radius 3 is 2.34 bits per heavy atom. The first-order valence-corrected chi connectivity index (χ1v) is 11.1. The largest absolute Gasteiger partial charge is 0.493 e. The second-order valence-electron chi connectivity index (χ2n) is 8.81. The van der Waals surface area contributed by atoms with E-state index in [9.17, 15) is 9.59 Å². The van der Waals surface area contributed by atoms with E-state index in [4.69, 9.17) is 18.9 Å². The number of carbonyl (C=O) groups is 2. The molecule has 0 heterocycles. The lowest BCUT2D eigenvalue weighted by molar-refractivity contribution is -0.168. The predicted octanol–water partition coefficient (Wildman–Crippen LogP) is 5.00. The maximum atomic E-state index is 12.8. The van der Waals surface area contributed by atoms with E-state index in [1.54, 1.807) is 14.2 Å². The van der Waals surface area contributed by atoms with Crippen molar-refractivity contribution in [1.82, 2.24) is 0 Å². The summed E-state index contributed by atoms with van der Waals surface area (Å²) in [5, 5.41) is 0. The van der Waals surface area contributed by atoms with E-state index < -0.39 is 5.41 Å². The fourth-order valence-corrected chi connectivity index (χ4v) is 4.56. The molecule has 2 aromatic rings. The van der Waals surface area contributed by atoms with Gasteiger partial charge in [0.1, 0.15) is 12.0 Å². The summed E-state index contributed by atoms with van der Waals surface area (Å²) < 4.78 is 23.1. The third-order valence-electron chi connectivity index (χ3n) is 6.45. The Kier molecular flexibility index (Phi) is 6.13. The lowest BCUT2D eigenvalue weighted by Crippen LogP contribution is -2.45. The van der Waals surface area contributed by atoms with Crippen molar-refractivity contribution in [3.8, 4) is 28.4 Å². The molecule has 6 nitrogen and oxygen atoms in total. The van der Waals surface area contributed by atoms with E-state index in [2.05, 4.69) is 0 Å². The van der Waals surface area contributed by atoms with Gasteiger partial charge in [0, 0.05) is 17.5 Å². The van der Waals surface area contributed by atoms with Gasteiger partial charge in [-0.3, -0.25) is 9.59 Å². The van der Waals surface area contributed by atoms with Gasteiger partial charge >= 0.3 is 5.97 Å². The van der Waals surface area contributed by atoms with Gasteiger partial charge in [0.15, 0.2) is 17.3 Å². The van der Waals surface area contributed by atoms with Crippen LogP contribution in [-0.4, -0.2) is 38.7 Å². The van der Waals surface area contributed by atoms with E-state index in [1.165, 1.54) is 0 Å². The third-order valence-corrected chi connectivity index (χ3v) is 6.45. The van der Waals surface area contributed by atoms with Crippen LogP contribution in [0.15, 0.2) is 30.3 Å². The van der Waals surface area contributed by atoms with Crippen molar-refractivity contribution >= 4 is 11.8 Å². The molecular formula is C26H30O6. The van der Waals surface area contributed by atoms with Crippen LogP contribution in [0.4, 0.5) is 0 Å². The van der Waals surface area contributed by atoms with Gasteiger partial charge in [0.2, 0.25) is 5.75 Å². The number of benzene rings is 2. The molecule has 0 amide bonds. The van der Waals surface area contributed by atoms with Crippen LogP contribution < -0.4 is 14.2 Å². The van der Waals surface area contributed by atoms with Crippen molar-refractivity contribution in [2.45, 2.75) is 52.1 Å². The number of carbonyl (C=O) groups excluding carboxylic acids is 2. The summed E-state index contributed by atoms with van der Waals surface area (Å²) in [5.41, 5.74) is 2.90. The topological polar surface area (TPSA) is 71.1 Å².